The van der Waals surface area contributed by atoms with Crippen LogP contribution in [0.15, 0.2) is 35.2 Å². The minimum atomic E-state index is -3.62. The zero-order valence-electron chi connectivity index (χ0n) is 15.1. The molecule has 152 valence electrons. The molecule has 0 aromatic heterocycles. The third-order valence-corrected chi connectivity index (χ3v) is 5.75. The summed E-state index contributed by atoms with van der Waals surface area (Å²) in [5.41, 5.74) is 5.38. The predicted octanol–water partition coefficient (Wildman–Crippen LogP) is 0.0903. The highest BCUT2D eigenvalue weighted by atomic mass is 35.5. The van der Waals surface area contributed by atoms with Gasteiger partial charge in [-0.15, -0.1) is 12.4 Å². The molecule has 0 aliphatic carbocycles. The first-order chi connectivity index (χ1) is 12.4. The number of amides is 2. The lowest BCUT2D eigenvalue weighted by Gasteiger charge is -2.32. The third kappa shape index (κ3) is 7.10. The fraction of sp³-hybridized carbons (Fsp3) is 0.529. The van der Waals surface area contributed by atoms with Gasteiger partial charge in [0, 0.05) is 39.1 Å². The third-order valence-electron chi connectivity index (χ3n) is 4.27. The van der Waals surface area contributed by atoms with Crippen molar-refractivity contribution in [2.45, 2.75) is 24.2 Å². The van der Waals surface area contributed by atoms with E-state index in [1.165, 1.54) is 12.1 Å². The summed E-state index contributed by atoms with van der Waals surface area (Å²) in [6.07, 6.45) is 1.55. The van der Waals surface area contributed by atoms with Crippen molar-refractivity contribution in [3.63, 3.8) is 0 Å². The summed E-state index contributed by atoms with van der Waals surface area (Å²) >= 11 is 0. The standard InChI is InChI=1S/C17H26N4O4S.ClH/c18-9-11-19-17(23)14-5-4-12-21(13-14)16(22)8-10-20-26(24,25)15-6-2-1-3-7-15;/h1-3,6-7,14,20H,4-5,8-13,18H2,(H,19,23);1H. The number of rotatable bonds is 8. The van der Waals surface area contributed by atoms with E-state index in [0.717, 1.165) is 12.8 Å². The highest BCUT2D eigenvalue weighted by molar-refractivity contribution is 7.89. The van der Waals surface area contributed by atoms with E-state index in [0.29, 0.717) is 26.2 Å². The molecule has 1 aromatic rings. The zero-order chi connectivity index (χ0) is 19.0. The van der Waals surface area contributed by atoms with Crippen molar-refractivity contribution in [1.82, 2.24) is 14.9 Å². The normalized spacial score (nSPS) is 17.1. The number of carbonyl (C=O) groups excluding carboxylic acids is 2. The molecule has 1 heterocycles. The maximum Gasteiger partial charge on any atom is 0.240 e. The number of carbonyl (C=O) groups is 2. The van der Waals surface area contributed by atoms with E-state index in [1.807, 2.05) is 0 Å². The van der Waals surface area contributed by atoms with Crippen molar-refractivity contribution in [1.29, 1.82) is 0 Å². The van der Waals surface area contributed by atoms with Crippen LogP contribution in [0, 0.1) is 5.92 Å². The summed E-state index contributed by atoms with van der Waals surface area (Å²) in [6.45, 7) is 1.77. The zero-order valence-corrected chi connectivity index (χ0v) is 16.7. The van der Waals surface area contributed by atoms with E-state index in [9.17, 15) is 18.0 Å². The van der Waals surface area contributed by atoms with E-state index in [4.69, 9.17) is 5.73 Å². The van der Waals surface area contributed by atoms with Gasteiger partial charge >= 0.3 is 0 Å². The molecule has 0 spiro atoms. The Hall–Kier alpha value is -1.68. The Kier molecular flexibility index (Phi) is 9.71. The van der Waals surface area contributed by atoms with Gasteiger partial charge in [-0.2, -0.15) is 0 Å². The van der Waals surface area contributed by atoms with Crippen molar-refractivity contribution in [3.8, 4) is 0 Å². The Morgan fingerprint density at radius 1 is 1.19 bits per heavy atom. The number of benzene rings is 1. The van der Waals surface area contributed by atoms with Crippen LogP contribution in [-0.4, -0.2) is 57.9 Å². The lowest BCUT2D eigenvalue weighted by molar-refractivity contribution is -0.135. The summed E-state index contributed by atoms with van der Waals surface area (Å²) in [5.74, 6) is -0.477. The molecule has 0 radical (unpaired) electrons. The fourth-order valence-electron chi connectivity index (χ4n) is 2.89. The second kappa shape index (κ2) is 11.2. The van der Waals surface area contributed by atoms with Crippen LogP contribution in [0.25, 0.3) is 0 Å². The van der Waals surface area contributed by atoms with Gasteiger partial charge in [0.1, 0.15) is 0 Å². The molecule has 1 aliphatic heterocycles. The van der Waals surface area contributed by atoms with Gasteiger partial charge in [-0.05, 0) is 25.0 Å². The molecule has 4 N–H and O–H groups in total. The molecule has 2 rings (SSSR count). The quantitative estimate of drug-likeness (QED) is 0.552. The monoisotopic (exact) mass is 418 g/mol. The molecular formula is C17H27ClN4O4S. The lowest BCUT2D eigenvalue weighted by atomic mass is 9.97. The van der Waals surface area contributed by atoms with Gasteiger partial charge in [0.25, 0.3) is 0 Å². The number of nitrogens with zero attached hydrogens (tertiary/aromatic N) is 1. The molecule has 10 heteroatoms. The Morgan fingerprint density at radius 2 is 1.89 bits per heavy atom. The highest BCUT2D eigenvalue weighted by Crippen LogP contribution is 2.17. The summed E-state index contributed by atoms with van der Waals surface area (Å²) in [6, 6.07) is 8.02. The summed E-state index contributed by atoms with van der Waals surface area (Å²) in [4.78, 5) is 26.2. The van der Waals surface area contributed by atoms with Gasteiger partial charge in [0.05, 0.1) is 10.8 Å². The first-order valence-corrected chi connectivity index (χ1v) is 10.2. The molecule has 2 amide bonds. The molecule has 1 unspecified atom stereocenters. The van der Waals surface area contributed by atoms with Gasteiger partial charge < -0.3 is 16.0 Å². The molecular weight excluding hydrogens is 392 g/mol. The van der Waals surface area contributed by atoms with Gasteiger partial charge in [0.15, 0.2) is 0 Å². The van der Waals surface area contributed by atoms with Crippen molar-refractivity contribution in [3.05, 3.63) is 30.3 Å². The molecule has 1 saturated heterocycles. The molecule has 1 atom stereocenters. The van der Waals surface area contributed by atoms with Crippen LogP contribution in [-0.2, 0) is 19.6 Å². The smallest absolute Gasteiger partial charge is 0.240 e. The lowest BCUT2D eigenvalue weighted by Crippen LogP contribution is -2.46. The molecule has 27 heavy (non-hydrogen) atoms. The van der Waals surface area contributed by atoms with E-state index >= 15 is 0 Å². The van der Waals surface area contributed by atoms with Crippen molar-refractivity contribution in [2.75, 3.05) is 32.7 Å². The molecule has 0 saturated carbocycles. The Balaban J connectivity index is 0.00000364. The second-order valence-electron chi connectivity index (χ2n) is 6.22. The predicted molar refractivity (Wildman–Crippen MR) is 105 cm³/mol. The maximum absolute atomic E-state index is 12.3. The summed E-state index contributed by atoms with van der Waals surface area (Å²) in [5, 5.41) is 2.75. The van der Waals surface area contributed by atoms with E-state index in [-0.39, 0.29) is 48.0 Å². The Morgan fingerprint density at radius 3 is 2.56 bits per heavy atom. The average molecular weight is 419 g/mol. The number of likely N-dealkylation sites (tertiary alicyclic amines) is 1. The molecule has 1 aromatic carbocycles. The molecule has 0 bridgehead atoms. The van der Waals surface area contributed by atoms with E-state index in [1.54, 1.807) is 23.1 Å². The van der Waals surface area contributed by atoms with Crippen LogP contribution in [0.5, 0.6) is 0 Å². The molecule has 1 aliphatic rings. The van der Waals surface area contributed by atoms with E-state index in [2.05, 4.69) is 10.0 Å². The number of sulfonamides is 1. The number of hydrogen-bond donors (Lipinski definition) is 3. The minimum absolute atomic E-state index is 0. The van der Waals surface area contributed by atoms with Crippen LogP contribution < -0.4 is 15.8 Å². The topological polar surface area (TPSA) is 122 Å². The van der Waals surface area contributed by atoms with Crippen LogP contribution in [0.4, 0.5) is 0 Å². The second-order valence-corrected chi connectivity index (χ2v) is 7.99. The van der Waals surface area contributed by atoms with Crippen molar-refractivity contribution >= 4 is 34.2 Å². The largest absolute Gasteiger partial charge is 0.355 e. The number of nitrogens with one attached hydrogen (secondary N) is 2. The van der Waals surface area contributed by atoms with Crippen LogP contribution >= 0.6 is 12.4 Å². The average Bonchev–Trinajstić information content (AvgIpc) is 2.66. The minimum Gasteiger partial charge on any atom is -0.355 e. The first kappa shape index (κ1) is 23.4. The number of nitrogens with two attached hydrogens (primary N) is 1. The maximum atomic E-state index is 12.3. The van der Waals surface area contributed by atoms with Gasteiger partial charge in [-0.1, -0.05) is 18.2 Å². The molecule has 1 fully saturated rings. The number of halogens is 1. The van der Waals surface area contributed by atoms with Crippen molar-refractivity contribution < 1.29 is 18.0 Å². The van der Waals surface area contributed by atoms with Crippen LogP contribution in [0.3, 0.4) is 0 Å². The fourth-order valence-corrected chi connectivity index (χ4v) is 3.94. The first-order valence-electron chi connectivity index (χ1n) is 8.74. The molecule has 8 nitrogen and oxygen atoms in total. The van der Waals surface area contributed by atoms with Crippen molar-refractivity contribution in [2.24, 2.45) is 11.7 Å². The highest BCUT2D eigenvalue weighted by Gasteiger charge is 2.28. The number of piperidine rings is 1. The summed E-state index contributed by atoms with van der Waals surface area (Å²) in [7, 11) is -3.62. The number of hydrogen-bond acceptors (Lipinski definition) is 5. The SMILES string of the molecule is Cl.NCCNC(=O)C1CCCN(C(=O)CCNS(=O)(=O)c2ccccc2)C1. The van der Waals surface area contributed by atoms with Crippen LogP contribution in [0.1, 0.15) is 19.3 Å². The van der Waals surface area contributed by atoms with E-state index < -0.39 is 10.0 Å². The van der Waals surface area contributed by atoms with Crippen LogP contribution in [0.2, 0.25) is 0 Å². The van der Waals surface area contributed by atoms with Gasteiger partial charge in [-0.3, -0.25) is 9.59 Å². The Bertz CT molecular complexity index is 715. The Labute approximate surface area is 166 Å². The van der Waals surface area contributed by atoms with Gasteiger partial charge in [0.2, 0.25) is 21.8 Å². The summed E-state index contributed by atoms with van der Waals surface area (Å²) < 4.78 is 26.7. The van der Waals surface area contributed by atoms with Gasteiger partial charge in [-0.25, -0.2) is 13.1 Å².